The van der Waals surface area contributed by atoms with Gasteiger partial charge in [0.25, 0.3) is 0 Å². The van der Waals surface area contributed by atoms with Crippen molar-refractivity contribution in [3.05, 3.63) is 120 Å². The molecule has 188 valence electrons. The summed E-state index contributed by atoms with van der Waals surface area (Å²) in [6.07, 6.45) is 14.1. The maximum Gasteiger partial charge on any atom is 0.0542 e. The fraction of sp³-hybridized carbons (Fsp3) is 0.167. The molecule has 0 saturated carbocycles. The van der Waals surface area contributed by atoms with Gasteiger partial charge in [0.2, 0.25) is 0 Å². The summed E-state index contributed by atoms with van der Waals surface area (Å²) in [6.45, 7) is 0. The van der Waals surface area contributed by atoms with Gasteiger partial charge in [0, 0.05) is 49.3 Å². The molecule has 3 heteroatoms. The molecule has 0 fully saturated rings. The van der Waals surface area contributed by atoms with Crippen molar-refractivity contribution in [1.29, 1.82) is 0 Å². The molecule has 39 heavy (non-hydrogen) atoms. The molecule has 9 rings (SSSR count). The number of fused-ring (bicyclic) bond motifs is 9. The molecular weight excluding hydrogens is 492 g/mol. The lowest BCUT2D eigenvalue weighted by atomic mass is 9.87. The number of allylic oxidation sites excluding steroid dienone is 2. The third kappa shape index (κ3) is 3.11. The van der Waals surface area contributed by atoms with Crippen molar-refractivity contribution >= 4 is 50.5 Å². The van der Waals surface area contributed by atoms with E-state index in [-0.39, 0.29) is 0 Å². The largest absolute Gasteiger partial charge is 0.310 e. The molecule has 2 unspecified atom stereocenters. The van der Waals surface area contributed by atoms with E-state index in [1.165, 1.54) is 78.6 Å². The van der Waals surface area contributed by atoms with Crippen molar-refractivity contribution in [3.8, 4) is 11.4 Å². The standard InChI is InChI=1S/C36H28N2S/c1-5-13-31-25(9-1)26-10-2-6-14-32(26)37(31)23-17-19-34-29(21-23)27-11-3-7-15-33(27)38(34)24-18-20-36-30(22-24)28-12-4-8-16-35(28)39-36/h1,3,5-9,11,13-22,28,35H,2,4,10,12H2. The molecule has 4 aromatic carbocycles. The number of para-hydroxylation sites is 2. The van der Waals surface area contributed by atoms with Crippen LogP contribution in [-0.2, 0) is 6.42 Å². The minimum Gasteiger partial charge on any atom is -0.310 e. The van der Waals surface area contributed by atoms with Crippen LogP contribution >= 0.6 is 11.8 Å². The molecule has 0 spiro atoms. The van der Waals surface area contributed by atoms with Crippen LogP contribution in [0.5, 0.6) is 0 Å². The lowest BCUT2D eigenvalue weighted by molar-refractivity contribution is 0.633. The van der Waals surface area contributed by atoms with Gasteiger partial charge in [0.15, 0.2) is 0 Å². The Morgan fingerprint density at radius 3 is 2.36 bits per heavy atom. The Morgan fingerprint density at radius 1 is 0.667 bits per heavy atom. The van der Waals surface area contributed by atoms with E-state index in [4.69, 9.17) is 0 Å². The molecule has 3 heterocycles. The van der Waals surface area contributed by atoms with Gasteiger partial charge < -0.3 is 9.13 Å². The van der Waals surface area contributed by atoms with E-state index in [1.54, 1.807) is 0 Å². The maximum absolute atomic E-state index is 2.48. The van der Waals surface area contributed by atoms with Gasteiger partial charge >= 0.3 is 0 Å². The summed E-state index contributed by atoms with van der Waals surface area (Å²) < 4.78 is 4.95. The van der Waals surface area contributed by atoms with Crippen LogP contribution in [0.15, 0.2) is 108 Å². The van der Waals surface area contributed by atoms with E-state index in [1.807, 2.05) is 11.8 Å². The summed E-state index contributed by atoms with van der Waals surface area (Å²) in [6, 6.07) is 32.0. The first-order valence-corrected chi connectivity index (χ1v) is 15.0. The van der Waals surface area contributed by atoms with Gasteiger partial charge in [-0.15, -0.1) is 11.8 Å². The summed E-state index contributed by atoms with van der Waals surface area (Å²) in [5.74, 6) is 0.635. The Labute approximate surface area is 232 Å². The lowest BCUT2D eigenvalue weighted by Crippen LogP contribution is -2.10. The topological polar surface area (TPSA) is 9.86 Å². The second-order valence-electron chi connectivity index (χ2n) is 11.1. The first-order valence-electron chi connectivity index (χ1n) is 14.2. The number of hydrogen-bond acceptors (Lipinski definition) is 1. The van der Waals surface area contributed by atoms with Crippen molar-refractivity contribution in [2.24, 2.45) is 0 Å². The number of aromatic nitrogens is 2. The van der Waals surface area contributed by atoms with E-state index >= 15 is 0 Å². The fourth-order valence-electron chi connectivity index (χ4n) is 7.32. The van der Waals surface area contributed by atoms with Crippen molar-refractivity contribution in [2.45, 2.75) is 41.7 Å². The first-order chi connectivity index (χ1) is 19.3. The molecule has 0 amide bonds. The van der Waals surface area contributed by atoms with Gasteiger partial charge in [0.05, 0.1) is 16.6 Å². The maximum atomic E-state index is 2.48. The van der Waals surface area contributed by atoms with Crippen LogP contribution in [0.2, 0.25) is 0 Å². The van der Waals surface area contributed by atoms with Gasteiger partial charge in [-0.1, -0.05) is 54.6 Å². The van der Waals surface area contributed by atoms with Gasteiger partial charge in [-0.2, -0.15) is 0 Å². The summed E-state index contributed by atoms with van der Waals surface area (Å²) in [5, 5.41) is 4.60. The summed E-state index contributed by atoms with van der Waals surface area (Å²) in [5.41, 5.74) is 10.7. The molecule has 0 bridgehead atoms. The number of rotatable bonds is 2. The van der Waals surface area contributed by atoms with E-state index in [2.05, 4.69) is 118 Å². The summed E-state index contributed by atoms with van der Waals surface area (Å²) in [7, 11) is 0. The molecule has 6 aromatic rings. The van der Waals surface area contributed by atoms with Gasteiger partial charge in [0.1, 0.15) is 0 Å². The molecule has 2 atom stereocenters. The molecule has 2 aliphatic carbocycles. The smallest absolute Gasteiger partial charge is 0.0542 e. The summed E-state index contributed by atoms with van der Waals surface area (Å²) in [4.78, 5) is 1.46. The average molecular weight is 521 g/mol. The highest BCUT2D eigenvalue weighted by molar-refractivity contribution is 8.00. The van der Waals surface area contributed by atoms with Gasteiger partial charge in [-0.25, -0.2) is 0 Å². The normalized spacial score (nSPS) is 19.6. The zero-order valence-electron chi connectivity index (χ0n) is 21.7. The zero-order chi connectivity index (χ0) is 25.5. The highest BCUT2D eigenvalue weighted by atomic mass is 32.2. The minimum atomic E-state index is 0.598. The van der Waals surface area contributed by atoms with Gasteiger partial charge in [-0.05, 0) is 91.4 Å². The summed E-state index contributed by atoms with van der Waals surface area (Å²) >= 11 is 2.04. The number of thioether (sulfide) groups is 1. The van der Waals surface area contributed by atoms with Crippen LogP contribution in [0.1, 0.15) is 42.0 Å². The van der Waals surface area contributed by atoms with E-state index in [0.29, 0.717) is 11.2 Å². The first kappa shape index (κ1) is 21.9. The molecular formula is C36H28N2S. The number of hydrogen-bond donors (Lipinski definition) is 0. The van der Waals surface area contributed by atoms with Crippen LogP contribution in [0, 0.1) is 0 Å². The SMILES string of the molecule is C1=Cc2c(c3ccccc3n2-c2ccc3c(c2)c2ccccc2n3-c2ccc3c(c2)C2CCC=CC2S3)CC1. The lowest BCUT2D eigenvalue weighted by Gasteiger charge is -2.20. The molecule has 0 saturated heterocycles. The van der Waals surface area contributed by atoms with Crippen molar-refractivity contribution < 1.29 is 0 Å². The monoisotopic (exact) mass is 520 g/mol. The predicted molar refractivity (Wildman–Crippen MR) is 166 cm³/mol. The van der Waals surface area contributed by atoms with Crippen molar-refractivity contribution in [1.82, 2.24) is 9.13 Å². The Bertz CT molecular complexity index is 2020. The number of nitrogens with zero attached hydrogens (tertiary/aromatic N) is 2. The highest BCUT2D eigenvalue weighted by Crippen LogP contribution is 2.50. The third-order valence-electron chi connectivity index (χ3n) is 9.05. The minimum absolute atomic E-state index is 0.598. The van der Waals surface area contributed by atoms with E-state index < -0.39 is 0 Å². The number of aryl methyl sites for hydroxylation is 1. The molecule has 1 aliphatic heterocycles. The van der Waals surface area contributed by atoms with Crippen molar-refractivity contribution in [2.75, 3.05) is 0 Å². The quantitative estimate of drug-likeness (QED) is 0.207. The van der Waals surface area contributed by atoms with Crippen molar-refractivity contribution in [3.63, 3.8) is 0 Å². The van der Waals surface area contributed by atoms with Crippen LogP contribution in [0.25, 0.3) is 50.2 Å². The Morgan fingerprint density at radius 2 is 1.44 bits per heavy atom. The number of benzene rings is 4. The third-order valence-corrected chi connectivity index (χ3v) is 10.4. The molecule has 3 aliphatic rings. The Hall–Kier alpha value is -3.95. The molecule has 2 nitrogen and oxygen atoms in total. The van der Waals surface area contributed by atoms with Crippen LogP contribution < -0.4 is 0 Å². The molecule has 0 N–H and O–H groups in total. The zero-order valence-corrected chi connectivity index (χ0v) is 22.5. The predicted octanol–water partition coefficient (Wildman–Crippen LogP) is 9.59. The second kappa shape index (κ2) is 8.27. The van der Waals surface area contributed by atoms with Crippen LogP contribution in [0.4, 0.5) is 0 Å². The van der Waals surface area contributed by atoms with Crippen LogP contribution in [0.3, 0.4) is 0 Å². The van der Waals surface area contributed by atoms with Crippen LogP contribution in [-0.4, -0.2) is 14.4 Å². The second-order valence-corrected chi connectivity index (χ2v) is 12.3. The van der Waals surface area contributed by atoms with E-state index in [0.717, 1.165) is 12.8 Å². The Balaban J connectivity index is 1.27. The molecule has 2 aromatic heterocycles. The van der Waals surface area contributed by atoms with Gasteiger partial charge in [-0.3, -0.25) is 0 Å². The Kier molecular flexibility index (Phi) is 4.65. The molecule has 0 radical (unpaired) electrons. The average Bonchev–Trinajstić information content (AvgIpc) is 3.64. The highest BCUT2D eigenvalue weighted by Gasteiger charge is 2.33. The van der Waals surface area contributed by atoms with E-state index in [9.17, 15) is 0 Å². The fourth-order valence-corrected chi connectivity index (χ4v) is 8.74.